The highest BCUT2D eigenvalue weighted by atomic mass is 35.5. The van der Waals surface area contributed by atoms with E-state index < -0.39 is 27.3 Å². The van der Waals surface area contributed by atoms with Crippen molar-refractivity contribution in [2.75, 3.05) is 11.1 Å². The van der Waals surface area contributed by atoms with E-state index in [1.54, 1.807) is 55.5 Å². The van der Waals surface area contributed by atoms with E-state index in [0.717, 1.165) is 6.07 Å². The zero-order valence-electron chi connectivity index (χ0n) is 19.7. The lowest BCUT2D eigenvalue weighted by molar-refractivity contribution is -0.115. The number of carbonyl (C=O) groups excluding carboxylic acids is 2. The Morgan fingerprint density at radius 1 is 0.946 bits per heavy atom. The van der Waals surface area contributed by atoms with Crippen LogP contribution in [0.3, 0.4) is 0 Å². The van der Waals surface area contributed by atoms with Crippen molar-refractivity contribution in [3.05, 3.63) is 113 Å². The van der Waals surface area contributed by atoms with Crippen LogP contribution in [-0.2, 0) is 21.1 Å². The standard InChI is InChI=1S/C28H22ClFN2O4S/c1-2-37(35,36)23-11-9-18(10-12-23)15-26(33)31-25-14-13-24(19-5-3-7-21(29)16-19)27(32-25)28(34)20-6-4-8-22(30)17-20/h3-14,16-17H,2,15H2,1H3,(H,31,32,33). The Balaban J connectivity index is 1.62. The number of amides is 1. The number of hydrogen-bond donors (Lipinski definition) is 1. The van der Waals surface area contributed by atoms with Crippen molar-refractivity contribution in [2.45, 2.75) is 18.2 Å². The van der Waals surface area contributed by atoms with Gasteiger partial charge in [0.2, 0.25) is 11.7 Å². The van der Waals surface area contributed by atoms with E-state index in [4.69, 9.17) is 11.6 Å². The van der Waals surface area contributed by atoms with Crippen molar-refractivity contribution in [2.24, 2.45) is 0 Å². The third-order valence-electron chi connectivity index (χ3n) is 5.63. The molecule has 1 amide bonds. The molecule has 0 aliphatic rings. The second kappa shape index (κ2) is 11.0. The fourth-order valence-electron chi connectivity index (χ4n) is 3.71. The van der Waals surface area contributed by atoms with Gasteiger partial charge in [0, 0.05) is 16.1 Å². The van der Waals surface area contributed by atoms with Gasteiger partial charge in [0.05, 0.1) is 17.1 Å². The van der Waals surface area contributed by atoms with Gasteiger partial charge in [-0.25, -0.2) is 17.8 Å². The number of benzene rings is 3. The largest absolute Gasteiger partial charge is 0.310 e. The minimum atomic E-state index is -3.33. The van der Waals surface area contributed by atoms with Crippen LogP contribution in [0.25, 0.3) is 11.1 Å². The number of sulfone groups is 1. The van der Waals surface area contributed by atoms with E-state index in [0.29, 0.717) is 21.7 Å². The molecule has 6 nitrogen and oxygen atoms in total. The maximum Gasteiger partial charge on any atom is 0.229 e. The van der Waals surface area contributed by atoms with Crippen molar-refractivity contribution in [1.82, 2.24) is 4.98 Å². The molecule has 1 heterocycles. The van der Waals surface area contributed by atoms with Crippen LogP contribution < -0.4 is 5.32 Å². The first kappa shape index (κ1) is 26.2. The fraction of sp³-hybridized carbons (Fsp3) is 0.107. The molecule has 9 heteroatoms. The van der Waals surface area contributed by atoms with Crippen molar-refractivity contribution >= 4 is 38.9 Å². The molecule has 1 aromatic heterocycles. The SMILES string of the molecule is CCS(=O)(=O)c1ccc(CC(=O)Nc2ccc(-c3cccc(Cl)c3)c(C(=O)c3cccc(F)c3)n2)cc1. The van der Waals surface area contributed by atoms with E-state index in [-0.39, 0.29) is 34.1 Å². The van der Waals surface area contributed by atoms with Crippen LogP contribution in [0.2, 0.25) is 5.02 Å². The molecule has 0 atom stereocenters. The Labute approximate surface area is 219 Å². The van der Waals surface area contributed by atoms with Crippen molar-refractivity contribution < 1.29 is 22.4 Å². The van der Waals surface area contributed by atoms with Crippen LogP contribution in [-0.4, -0.2) is 30.8 Å². The van der Waals surface area contributed by atoms with Gasteiger partial charge in [0.15, 0.2) is 9.84 Å². The predicted octanol–water partition coefficient (Wildman–Crippen LogP) is 5.75. The second-order valence-corrected chi connectivity index (χ2v) is 10.9. The lowest BCUT2D eigenvalue weighted by atomic mass is 9.98. The molecule has 37 heavy (non-hydrogen) atoms. The summed E-state index contributed by atoms with van der Waals surface area (Å²) in [5.74, 6) is -1.35. The van der Waals surface area contributed by atoms with Gasteiger partial charge in [0.25, 0.3) is 0 Å². The zero-order chi connectivity index (χ0) is 26.6. The number of halogens is 2. The van der Waals surface area contributed by atoms with Gasteiger partial charge in [0.1, 0.15) is 17.3 Å². The molecule has 0 spiro atoms. The van der Waals surface area contributed by atoms with E-state index in [9.17, 15) is 22.4 Å². The summed E-state index contributed by atoms with van der Waals surface area (Å²) < 4.78 is 37.8. The molecule has 0 bridgehead atoms. The van der Waals surface area contributed by atoms with Crippen LogP contribution in [0.15, 0.2) is 89.8 Å². The third-order valence-corrected chi connectivity index (χ3v) is 7.61. The lowest BCUT2D eigenvalue weighted by Gasteiger charge is -2.12. The van der Waals surface area contributed by atoms with E-state index >= 15 is 0 Å². The molecule has 4 aromatic rings. The van der Waals surface area contributed by atoms with Gasteiger partial charge in [-0.2, -0.15) is 0 Å². The molecule has 0 aliphatic carbocycles. The minimum absolute atomic E-state index is 0.0135. The predicted molar refractivity (Wildman–Crippen MR) is 141 cm³/mol. The smallest absolute Gasteiger partial charge is 0.229 e. The topological polar surface area (TPSA) is 93.2 Å². The summed E-state index contributed by atoms with van der Waals surface area (Å²) in [5, 5.41) is 3.14. The van der Waals surface area contributed by atoms with E-state index in [1.807, 2.05) is 0 Å². The zero-order valence-corrected chi connectivity index (χ0v) is 21.3. The van der Waals surface area contributed by atoms with Crippen LogP contribution in [0, 0.1) is 5.82 Å². The molecule has 1 N–H and O–H groups in total. The highest BCUT2D eigenvalue weighted by Crippen LogP contribution is 2.28. The molecule has 0 saturated carbocycles. The van der Waals surface area contributed by atoms with Gasteiger partial charge in [-0.3, -0.25) is 9.59 Å². The summed E-state index contributed by atoms with van der Waals surface area (Å²) in [6, 6.07) is 21.5. The van der Waals surface area contributed by atoms with E-state index in [2.05, 4.69) is 10.3 Å². The first-order valence-electron chi connectivity index (χ1n) is 11.3. The minimum Gasteiger partial charge on any atom is -0.310 e. The molecule has 0 aliphatic heterocycles. The average molecular weight is 537 g/mol. The summed E-state index contributed by atoms with van der Waals surface area (Å²) in [4.78, 5) is 30.6. The Bertz CT molecular complexity index is 1590. The normalized spacial score (nSPS) is 11.2. The maximum atomic E-state index is 13.8. The number of pyridine rings is 1. The van der Waals surface area contributed by atoms with E-state index in [1.165, 1.54) is 30.3 Å². The van der Waals surface area contributed by atoms with Crippen LogP contribution in [0.5, 0.6) is 0 Å². The quantitative estimate of drug-likeness (QED) is 0.290. The lowest BCUT2D eigenvalue weighted by Crippen LogP contribution is -2.17. The molecular weight excluding hydrogens is 515 g/mol. The Morgan fingerprint density at radius 3 is 2.35 bits per heavy atom. The summed E-state index contributed by atoms with van der Waals surface area (Å²) in [6.45, 7) is 1.56. The molecule has 0 radical (unpaired) electrons. The first-order valence-corrected chi connectivity index (χ1v) is 13.4. The van der Waals surface area contributed by atoms with Crippen LogP contribution >= 0.6 is 11.6 Å². The summed E-state index contributed by atoms with van der Waals surface area (Å²) in [6.07, 6.45) is -0.0304. The second-order valence-electron chi connectivity index (χ2n) is 8.21. The molecule has 0 saturated heterocycles. The van der Waals surface area contributed by atoms with Crippen LogP contribution in [0.1, 0.15) is 28.5 Å². The average Bonchev–Trinajstić information content (AvgIpc) is 2.88. The number of ketones is 1. The number of hydrogen-bond acceptors (Lipinski definition) is 5. The monoisotopic (exact) mass is 536 g/mol. The molecule has 4 rings (SSSR count). The number of aromatic nitrogens is 1. The van der Waals surface area contributed by atoms with Gasteiger partial charge in [-0.1, -0.05) is 54.9 Å². The highest BCUT2D eigenvalue weighted by molar-refractivity contribution is 7.91. The first-order chi connectivity index (χ1) is 17.7. The highest BCUT2D eigenvalue weighted by Gasteiger charge is 2.19. The maximum absolute atomic E-state index is 13.8. The van der Waals surface area contributed by atoms with Gasteiger partial charge in [-0.15, -0.1) is 0 Å². The number of nitrogens with one attached hydrogen (secondary N) is 1. The summed E-state index contributed by atoms with van der Waals surface area (Å²) in [7, 11) is -3.33. The molecule has 0 fully saturated rings. The number of nitrogens with zero attached hydrogens (tertiary/aromatic N) is 1. The summed E-state index contributed by atoms with van der Waals surface area (Å²) >= 11 is 6.14. The molecule has 3 aromatic carbocycles. The van der Waals surface area contributed by atoms with Gasteiger partial charge >= 0.3 is 0 Å². The van der Waals surface area contributed by atoms with Gasteiger partial charge < -0.3 is 5.32 Å². The Kier molecular flexibility index (Phi) is 7.80. The molecule has 0 unspecified atom stereocenters. The Hall–Kier alpha value is -3.88. The third kappa shape index (κ3) is 6.28. The van der Waals surface area contributed by atoms with Crippen molar-refractivity contribution in [1.29, 1.82) is 0 Å². The molecular formula is C28H22ClFN2O4S. The van der Waals surface area contributed by atoms with Crippen LogP contribution in [0.4, 0.5) is 10.2 Å². The molecule has 188 valence electrons. The number of rotatable bonds is 8. The Morgan fingerprint density at radius 2 is 1.68 bits per heavy atom. The fourth-order valence-corrected chi connectivity index (χ4v) is 4.79. The number of carbonyl (C=O) groups is 2. The van der Waals surface area contributed by atoms with Gasteiger partial charge in [-0.05, 0) is 59.7 Å². The number of anilines is 1. The van der Waals surface area contributed by atoms with Crippen molar-refractivity contribution in [3.63, 3.8) is 0 Å². The summed E-state index contributed by atoms with van der Waals surface area (Å²) in [5.41, 5.74) is 1.86. The van der Waals surface area contributed by atoms with Crippen molar-refractivity contribution in [3.8, 4) is 11.1 Å².